The lowest BCUT2D eigenvalue weighted by Crippen LogP contribution is -2.17. The van der Waals surface area contributed by atoms with Crippen LogP contribution in [0.5, 0.6) is 5.75 Å². The highest BCUT2D eigenvalue weighted by Crippen LogP contribution is 2.30. The van der Waals surface area contributed by atoms with E-state index in [9.17, 15) is 0 Å². The predicted molar refractivity (Wildman–Crippen MR) is 108 cm³/mol. The number of imidazole rings is 1. The summed E-state index contributed by atoms with van der Waals surface area (Å²) in [7, 11) is 1.62. The van der Waals surface area contributed by atoms with Gasteiger partial charge in [0.1, 0.15) is 23.0 Å². The van der Waals surface area contributed by atoms with Crippen LogP contribution in [0.25, 0.3) is 5.69 Å². The molecule has 4 rings (SSSR count). The second kappa shape index (κ2) is 8.04. The van der Waals surface area contributed by atoms with Gasteiger partial charge in [0.25, 0.3) is 0 Å². The van der Waals surface area contributed by atoms with E-state index >= 15 is 0 Å². The summed E-state index contributed by atoms with van der Waals surface area (Å²) < 4.78 is 12.9. The molecule has 28 heavy (non-hydrogen) atoms. The zero-order valence-electron chi connectivity index (χ0n) is 15.7. The molecule has 1 aliphatic rings. The molecule has 0 saturated heterocycles. The molecule has 0 unspecified atom stereocenters. The zero-order valence-corrected chi connectivity index (χ0v) is 16.5. The molecule has 3 aromatic rings. The fourth-order valence-electron chi connectivity index (χ4n) is 3.13. The molecule has 3 heterocycles. The molecule has 0 saturated carbocycles. The summed E-state index contributed by atoms with van der Waals surface area (Å²) in [5, 5.41) is 7.00. The number of ether oxygens (including phenoxy) is 2. The predicted octanol–water partition coefficient (Wildman–Crippen LogP) is 3.57. The van der Waals surface area contributed by atoms with Crippen LogP contribution in [0.1, 0.15) is 18.2 Å². The number of benzene rings is 1. The molecule has 1 aliphatic heterocycles. The molecular weight excluding hydrogens is 380 g/mol. The number of nitrogens with one attached hydrogen (secondary N) is 2. The van der Waals surface area contributed by atoms with Crippen LogP contribution in [0.15, 0.2) is 30.7 Å². The number of rotatable bonds is 6. The van der Waals surface area contributed by atoms with Crippen LogP contribution in [0, 0.1) is 0 Å². The van der Waals surface area contributed by atoms with Crippen molar-refractivity contribution in [3.8, 4) is 11.4 Å². The minimum absolute atomic E-state index is 0.423. The first-order valence-corrected chi connectivity index (χ1v) is 9.42. The minimum Gasteiger partial charge on any atom is -0.494 e. The van der Waals surface area contributed by atoms with Gasteiger partial charge in [0.15, 0.2) is 0 Å². The molecule has 1 aromatic carbocycles. The third kappa shape index (κ3) is 3.74. The van der Waals surface area contributed by atoms with Crippen LogP contribution in [0.2, 0.25) is 5.15 Å². The van der Waals surface area contributed by atoms with Crippen LogP contribution in [-0.4, -0.2) is 39.8 Å². The molecule has 0 radical (unpaired) electrons. The summed E-state index contributed by atoms with van der Waals surface area (Å²) in [5.74, 6) is 2.03. The Morgan fingerprint density at radius 2 is 2.21 bits per heavy atom. The highest BCUT2D eigenvalue weighted by molar-refractivity contribution is 6.29. The number of methoxy groups -OCH3 is 1. The molecule has 0 bridgehead atoms. The summed E-state index contributed by atoms with van der Waals surface area (Å²) in [5.41, 5.74) is 3.70. The van der Waals surface area contributed by atoms with E-state index in [1.807, 2.05) is 29.7 Å². The van der Waals surface area contributed by atoms with Crippen molar-refractivity contribution >= 4 is 29.1 Å². The van der Waals surface area contributed by atoms with Crippen molar-refractivity contribution in [3.05, 3.63) is 47.1 Å². The Morgan fingerprint density at radius 1 is 1.32 bits per heavy atom. The lowest BCUT2D eigenvalue weighted by Gasteiger charge is -2.20. The number of aromatic nitrogens is 4. The van der Waals surface area contributed by atoms with Crippen molar-refractivity contribution in [2.24, 2.45) is 0 Å². The lowest BCUT2D eigenvalue weighted by molar-refractivity contribution is 0.109. The smallest absolute Gasteiger partial charge is 0.229 e. The number of anilines is 3. The fourth-order valence-corrected chi connectivity index (χ4v) is 3.28. The molecule has 0 spiro atoms. The van der Waals surface area contributed by atoms with Gasteiger partial charge in [-0.2, -0.15) is 4.98 Å². The standard InChI is InChI=1S/C19H21ClN6O2/c1-3-21-18-13-10-28-7-6-14(13)24-19(25-18)23-12-4-5-15(16(8-12)27-2)26-9-17(20)22-11-26/h4-5,8-9,11H,3,6-7,10H2,1-2H3,(H2,21,23,24,25). The van der Waals surface area contributed by atoms with E-state index in [-0.39, 0.29) is 0 Å². The molecular formula is C19H21ClN6O2. The number of hydrogen-bond acceptors (Lipinski definition) is 7. The minimum atomic E-state index is 0.423. The van der Waals surface area contributed by atoms with Crippen LogP contribution >= 0.6 is 11.6 Å². The molecule has 2 aromatic heterocycles. The van der Waals surface area contributed by atoms with E-state index < -0.39 is 0 Å². The van der Waals surface area contributed by atoms with Crippen LogP contribution in [-0.2, 0) is 17.8 Å². The van der Waals surface area contributed by atoms with E-state index in [0.717, 1.165) is 41.4 Å². The van der Waals surface area contributed by atoms with Crippen molar-refractivity contribution < 1.29 is 9.47 Å². The fraction of sp³-hybridized carbons (Fsp3) is 0.316. The second-order valence-electron chi connectivity index (χ2n) is 6.27. The number of halogens is 1. The third-order valence-electron chi connectivity index (χ3n) is 4.43. The van der Waals surface area contributed by atoms with Gasteiger partial charge in [-0.05, 0) is 19.1 Å². The summed E-state index contributed by atoms with van der Waals surface area (Å²) >= 11 is 5.93. The topological polar surface area (TPSA) is 86.1 Å². The van der Waals surface area contributed by atoms with Gasteiger partial charge in [-0.25, -0.2) is 9.97 Å². The average Bonchev–Trinajstić information content (AvgIpc) is 3.14. The van der Waals surface area contributed by atoms with Crippen LogP contribution in [0.3, 0.4) is 0 Å². The maximum Gasteiger partial charge on any atom is 0.229 e. The highest BCUT2D eigenvalue weighted by Gasteiger charge is 2.18. The highest BCUT2D eigenvalue weighted by atomic mass is 35.5. The van der Waals surface area contributed by atoms with Crippen molar-refractivity contribution in [2.45, 2.75) is 20.0 Å². The molecule has 0 fully saturated rings. The van der Waals surface area contributed by atoms with Crippen LogP contribution < -0.4 is 15.4 Å². The first kappa shape index (κ1) is 18.5. The first-order valence-electron chi connectivity index (χ1n) is 9.04. The monoisotopic (exact) mass is 400 g/mol. The average molecular weight is 401 g/mol. The summed E-state index contributed by atoms with van der Waals surface area (Å²) in [6, 6.07) is 5.75. The number of hydrogen-bond donors (Lipinski definition) is 2. The Hall–Kier alpha value is -2.84. The summed E-state index contributed by atoms with van der Waals surface area (Å²) in [6.45, 7) is 4.02. The SMILES string of the molecule is CCNc1nc(Nc2ccc(-n3cnc(Cl)c3)c(OC)c2)nc2c1COCC2. The van der Waals surface area contributed by atoms with Crippen molar-refractivity contribution in [2.75, 3.05) is 30.9 Å². The Kier molecular flexibility index (Phi) is 5.31. The molecule has 0 amide bonds. The van der Waals surface area contributed by atoms with E-state index in [4.69, 9.17) is 21.1 Å². The van der Waals surface area contributed by atoms with Crippen molar-refractivity contribution in [1.29, 1.82) is 0 Å². The van der Waals surface area contributed by atoms with Crippen molar-refractivity contribution in [3.63, 3.8) is 0 Å². The zero-order chi connectivity index (χ0) is 19.5. The van der Waals surface area contributed by atoms with Gasteiger partial charge < -0.3 is 24.7 Å². The maximum atomic E-state index is 5.93. The lowest BCUT2D eigenvalue weighted by atomic mass is 10.1. The van der Waals surface area contributed by atoms with Gasteiger partial charge in [0, 0.05) is 36.5 Å². The van der Waals surface area contributed by atoms with E-state index in [1.165, 1.54) is 0 Å². The summed E-state index contributed by atoms with van der Waals surface area (Å²) in [6.07, 6.45) is 4.14. The van der Waals surface area contributed by atoms with E-state index in [1.54, 1.807) is 19.6 Å². The second-order valence-corrected chi connectivity index (χ2v) is 6.66. The largest absolute Gasteiger partial charge is 0.494 e. The number of fused-ring (bicyclic) bond motifs is 1. The number of nitrogens with zero attached hydrogens (tertiary/aromatic N) is 4. The Balaban J connectivity index is 1.64. The van der Waals surface area contributed by atoms with E-state index in [2.05, 4.69) is 25.6 Å². The van der Waals surface area contributed by atoms with Gasteiger partial charge in [-0.15, -0.1) is 0 Å². The normalized spacial score (nSPS) is 13.1. The third-order valence-corrected chi connectivity index (χ3v) is 4.63. The Labute approximate surface area is 167 Å². The Bertz CT molecular complexity index is 991. The maximum absolute atomic E-state index is 5.93. The van der Waals surface area contributed by atoms with Gasteiger partial charge in [-0.1, -0.05) is 11.6 Å². The molecule has 146 valence electrons. The van der Waals surface area contributed by atoms with Gasteiger partial charge in [0.05, 0.1) is 31.7 Å². The van der Waals surface area contributed by atoms with Crippen molar-refractivity contribution in [1.82, 2.24) is 19.5 Å². The molecule has 0 atom stereocenters. The molecule has 8 nitrogen and oxygen atoms in total. The van der Waals surface area contributed by atoms with Gasteiger partial charge >= 0.3 is 0 Å². The molecule has 0 aliphatic carbocycles. The Morgan fingerprint density at radius 3 is 2.96 bits per heavy atom. The molecule has 9 heteroatoms. The van der Waals surface area contributed by atoms with Gasteiger partial charge in [0.2, 0.25) is 5.95 Å². The molecule has 2 N–H and O–H groups in total. The first-order chi connectivity index (χ1) is 13.7. The van der Waals surface area contributed by atoms with Crippen LogP contribution in [0.4, 0.5) is 17.5 Å². The summed E-state index contributed by atoms with van der Waals surface area (Å²) in [4.78, 5) is 13.3. The van der Waals surface area contributed by atoms with Gasteiger partial charge in [-0.3, -0.25) is 0 Å². The van der Waals surface area contributed by atoms with E-state index in [0.29, 0.717) is 30.1 Å². The quantitative estimate of drug-likeness (QED) is 0.654.